The first-order valence-corrected chi connectivity index (χ1v) is 13.9. The Kier molecular flexibility index (Phi) is 8.66. The van der Waals surface area contributed by atoms with Crippen LogP contribution in [0.1, 0.15) is 18.8 Å². The quantitative estimate of drug-likeness (QED) is 0.104. The number of esters is 1. The molecule has 6 atom stereocenters. The number of nitrogens with zero attached hydrogens (tertiary/aromatic N) is 3. The maximum absolute atomic E-state index is 14.0. The van der Waals surface area contributed by atoms with Gasteiger partial charge in [0.1, 0.15) is 35.9 Å². The highest BCUT2D eigenvalue weighted by molar-refractivity contribution is 7.49. The lowest BCUT2D eigenvalue weighted by atomic mass is 9.96. The first kappa shape index (κ1) is 27.7. The summed E-state index contributed by atoms with van der Waals surface area (Å²) in [5.41, 5.74) is 10.1. The Morgan fingerprint density at radius 1 is 0.925 bits per heavy atom. The molecule has 2 heterocycles. The molecule has 208 valence electrons. The lowest BCUT2D eigenvalue weighted by Gasteiger charge is -2.47. The number of para-hydroxylation sites is 2. The summed E-state index contributed by atoms with van der Waals surface area (Å²) in [4.78, 5) is 15.0. The maximum Gasteiger partial charge on any atom is 0.589 e. The number of fused-ring (bicyclic) bond motifs is 1. The van der Waals surface area contributed by atoms with Crippen molar-refractivity contribution in [1.82, 2.24) is 0 Å². The minimum atomic E-state index is -4.49. The van der Waals surface area contributed by atoms with Crippen molar-refractivity contribution in [2.24, 2.45) is 5.11 Å². The van der Waals surface area contributed by atoms with E-state index in [4.69, 9.17) is 32.5 Å². The summed E-state index contributed by atoms with van der Waals surface area (Å²) in [6.45, 7) is 1.22. The van der Waals surface area contributed by atoms with Crippen molar-refractivity contribution >= 4 is 13.8 Å². The summed E-state index contributed by atoms with van der Waals surface area (Å²) in [6.07, 6.45) is -5.24. The molecule has 0 radical (unpaired) electrons. The van der Waals surface area contributed by atoms with E-state index in [-0.39, 0.29) is 18.1 Å². The Hall–Kier alpha value is -3.89. The molecule has 13 heteroatoms. The molecule has 3 aromatic rings. The Bertz CT molecular complexity index is 1330. The van der Waals surface area contributed by atoms with E-state index < -0.39 is 50.7 Å². The smallest absolute Gasteiger partial charge is 0.459 e. The highest BCUT2D eigenvalue weighted by atomic mass is 31.2. The van der Waals surface area contributed by atoms with Crippen molar-refractivity contribution < 1.29 is 41.9 Å². The highest BCUT2D eigenvalue weighted by Crippen LogP contribution is 2.52. The number of azide groups is 1. The van der Waals surface area contributed by atoms with Gasteiger partial charge in [0.15, 0.2) is 12.6 Å². The Labute approximate surface area is 229 Å². The molecule has 5 rings (SSSR count). The predicted molar refractivity (Wildman–Crippen MR) is 140 cm³/mol. The Morgan fingerprint density at radius 2 is 1.50 bits per heavy atom. The second kappa shape index (κ2) is 12.5. The number of carbonyl (C=O) groups excluding carboxylic acids is 1. The van der Waals surface area contributed by atoms with Gasteiger partial charge in [-0.2, -0.15) is 0 Å². The molecule has 2 aliphatic heterocycles. The summed E-state index contributed by atoms with van der Waals surface area (Å²) in [6, 6.07) is 24.4. The van der Waals surface area contributed by atoms with E-state index >= 15 is 0 Å². The van der Waals surface area contributed by atoms with Crippen LogP contribution in [0.25, 0.3) is 10.4 Å². The van der Waals surface area contributed by atoms with E-state index in [0.717, 1.165) is 5.56 Å². The van der Waals surface area contributed by atoms with Crippen LogP contribution in [0.3, 0.4) is 0 Å². The average molecular weight is 567 g/mol. The van der Waals surface area contributed by atoms with Gasteiger partial charge in [-0.25, -0.2) is 9.09 Å². The Morgan fingerprint density at radius 3 is 2.05 bits per heavy atom. The number of hydrogen-bond donors (Lipinski definition) is 0. The molecule has 1 unspecified atom stereocenters. The zero-order valence-corrected chi connectivity index (χ0v) is 22.2. The van der Waals surface area contributed by atoms with Gasteiger partial charge in [0.2, 0.25) is 0 Å². The predicted octanol–water partition coefficient (Wildman–Crippen LogP) is 5.72. The fraction of sp³-hybridized carbons (Fsp3) is 0.296. The molecule has 0 aromatic heterocycles. The third-order valence-corrected chi connectivity index (χ3v) is 7.35. The first-order chi connectivity index (χ1) is 19.4. The molecule has 12 nitrogen and oxygen atoms in total. The normalized spacial score (nSPS) is 26.0. The van der Waals surface area contributed by atoms with Crippen LogP contribution in [0.15, 0.2) is 96.1 Å². The fourth-order valence-electron chi connectivity index (χ4n) is 4.34. The molecule has 2 fully saturated rings. The van der Waals surface area contributed by atoms with Crippen molar-refractivity contribution in [1.29, 1.82) is 0 Å². The summed E-state index contributed by atoms with van der Waals surface area (Å²) in [5.74, 6) is -0.261. The number of hydrogen-bond acceptors (Lipinski definition) is 10. The molecular formula is C27H26N3O9P. The number of benzene rings is 3. The van der Waals surface area contributed by atoms with Crippen LogP contribution in [-0.2, 0) is 32.8 Å². The molecule has 0 amide bonds. The van der Waals surface area contributed by atoms with Crippen LogP contribution in [0.2, 0.25) is 0 Å². The molecule has 0 N–H and O–H groups in total. The summed E-state index contributed by atoms with van der Waals surface area (Å²) in [7, 11) is -4.49. The molecule has 3 aromatic carbocycles. The van der Waals surface area contributed by atoms with Gasteiger partial charge in [-0.15, -0.1) is 0 Å². The summed E-state index contributed by atoms with van der Waals surface area (Å²) in [5, 5.41) is 3.79. The minimum absolute atomic E-state index is 0.00816. The van der Waals surface area contributed by atoms with Gasteiger partial charge in [0.25, 0.3) is 0 Å². The third kappa shape index (κ3) is 6.63. The highest BCUT2D eigenvalue weighted by Gasteiger charge is 2.54. The van der Waals surface area contributed by atoms with Crippen LogP contribution >= 0.6 is 7.82 Å². The lowest BCUT2D eigenvalue weighted by molar-refractivity contribution is -0.333. The number of carbonyl (C=O) groups is 1. The van der Waals surface area contributed by atoms with Gasteiger partial charge >= 0.3 is 13.8 Å². The van der Waals surface area contributed by atoms with Gasteiger partial charge in [-0.1, -0.05) is 71.8 Å². The van der Waals surface area contributed by atoms with Crippen molar-refractivity contribution in [2.45, 2.75) is 43.9 Å². The van der Waals surface area contributed by atoms with E-state index in [1.165, 1.54) is 6.92 Å². The minimum Gasteiger partial charge on any atom is -0.459 e. The van der Waals surface area contributed by atoms with Crippen molar-refractivity contribution in [2.75, 3.05) is 6.61 Å². The van der Waals surface area contributed by atoms with Crippen molar-refractivity contribution in [3.8, 4) is 11.5 Å². The van der Waals surface area contributed by atoms with Gasteiger partial charge in [0, 0.05) is 17.4 Å². The molecule has 2 aliphatic rings. The number of ether oxygens (including phenoxy) is 4. The SMILES string of the molecule is CC(=O)O[C@@H]1[C@@H](N=[N+]=[N-])[C@H](OP(=O)(Oc2ccccc2)Oc2ccccc2)O[C@@H]2COC(c3ccccc3)O[C@H]12. The number of phosphoric ester groups is 1. The van der Waals surface area contributed by atoms with E-state index in [1.54, 1.807) is 60.7 Å². The summed E-state index contributed by atoms with van der Waals surface area (Å²) >= 11 is 0. The second-order valence-corrected chi connectivity index (χ2v) is 10.3. The van der Waals surface area contributed by atoms with E-state index in [1.807, 2.05) is 30.3 Å². The molecule has 0 bridgehead atoms. The number of phosphoric acid groups is 1. The molecule has 0 aliphatic carbocycles. The number of rotatable bonds is 9. The van der Waals surface area contributed by atoms with Crippen LogP contribution in [0, 0.1) is 0 Å². The maximum atomic E-state index is 14.0. The molecule has 2 saturated heterocycles. The third-order valence-electron chi connectivity index (χ3n) is 6.02. The zero-order valence-electron chi connectivity index (χ0n) is 21.3. The standard InChI is InChI=1S/C27H26N3O9P/c1-18(31)34-25-23(29-30-28)27(35-22-17-33-26(36-24(22)25)19-11-5-2-6-12-19)39-40(32,37-20-13-7-3-8-14-20)38-21-15-9-4-10-16-21/h2-16,22-27H,17H2,1H3/t22-,23-,24+,25-,26?,27+/m1/s1. The fourth-order valence-corrected chi connectivity index (χ4v) is 5.66. The van der Waals surface area contributed by atoms with Crippen molar-refractivity contribution in [3.05, 3.63) is 107 Å². The zero-order chi connectivity index (χ0) is 28.0. The Balaban J connectivity index is 1.45. The largest absolute Gasteiger partial charge is 0.589 e. The van der Waals surface area contributed by atoms with Gasteiger partial charge in [-0.05, 0) is 29.8 Å². The lowest BCUT2D eigenvalue weighted by Crippen LogP contribution is -2.62. The van der Waals surface area contributed by atoms with E-state index in [9.17, 15) is 14.9 Å². The van der Waals surface area contributed by atoms with Gasteiger partial charge in [-0.3, -0.25) is 4.79 Å². The van der Waals surface area contributed by atoms with Gasteiger partial charge in [0.05, 0.1) is 6.61 Å². The second-order valence-electron chi connectivity index (χ2n) is 8.85. The van der Waals surface area contributed by atoms with Gasteiger partial charge < -0.3 is 28.0 Å². The topological polar surface area (TPSA) is 148 Å². The van der Waals surface area contributed by atoms with Crippen LogP contribution in [0.4, 0.5) is 0 Å². The summed E-state index contributed by atoms with van der Waals surface area (Å²) < 4.78 is 54.9. The van der Waals surface area contributed by atoms with Crippen molar-refractivity contribution in [3.63, 3.8) is 0 Å². The molecule has 0 spiro atoms. The molecule has 40 heavy (non-hydrogen) atoms. The monoisotopic (exact) mass is 567 g/mol. The average Bonchev–Trinajstić information content (AvgIpc) is 2.96. The first-order valence-electron chi connectivity index (χ1n) is 12.4. The van der Waals surface area contributed by atoms with Crippen LogP contribution in [0.5, 0.6) is 11.5 Å². The van der Waals surface area contributed by atoms with E-state index in [0.29, 0.717) is 0 Å². The van der Waals surface area contributed by atoms with Crippen LogP contribution in [-0.4, -0.2) is 43.2 Å². The molecular weight excluding hydrogens is 541 g/mol. The molecule has 0 saturated carbocycles. The van der Waals surface area contributed by atoms with Crippen LogP contribution < -0.4 is 9.05 Å². The van der Waals surface area contributed by atoms with E-state index in [2.05, 4.69) is 10.0 Å².